The van der Waals surface area contributed by atoms with Crippen LogP contribution < -0.4 is 5.30 Å². The third kappa shape index (κ3) is 3.95. The van der Waals surface area contributed by atoms with Crippen molar-refractivity contribution in [2.75, 3.05) is 0 Å². The normalized spacial score (nSPS) is 13.7. The maximum Gasteiger partial charge on any atom is 0.356 e. The van der Waals surface area contributed by atoms with Crippen molar-refractivity contribution in [3.8, 4) is 11.5 Å². The summed E-state index contributed by atoms with van der Waals surface area (Å²) in [7, 11) is -4.81. The zero-order valence-electron chi connectivity index (χ0n) is 12.9. The van der Waals surface area contributed by atoms with Gasteiger partial charge in [0.2, 0.25) is 0 Å². The molecule has 0 bridgehead atoms. The molecule has 6 N–H and O–H groups in total. The van der Waals surface area contributed by atoms with Crippen molar-refractivity contribution < 1.29 is 34.8 Å². The number of rotatable bonds is 5. The molecule has 0 aliphatic carbocycles. The smallest absolute Gasteiger partial charge is 0.356 e. The summed E-state index contributed by atoms with van der Waals surface area (Å²) in [6.07, 6.45) is -0.317. The van der Waals surface area contributed by atoms with Gasteiger partial charge in [0.1, 0.15) is 11.5 Å². The minimum Gasteiger partial charge on any atom is -0.508 e. The molecule has 2 aromatic rings. The van der Waals surface area contributed by atoms with Crippen molar-refractivity contribution in [2.45, 2.75) is 25.0 Å². The molecular formula is C16H19O7P. The average Bonchev–Trinajstić information content (AvgIpc) is 2.45. The van der Waals surface area contributed by atoms with Crippen molar-refractivity contribution >= 4 is 12.9 Å². The molecule has 130 valence electrons. The van der Waals surface area contributed by atoms with Crippen LogP contribution in [0.3, 0.4) is 0 Å². The molecule has 0 heterocycles. The summed E-state index contributed by atoms with van der Waals surface area (Å²) in [5.41, 5.74) is 0.0809. The molecule has 0 radical (unpaired) electrons. The number of aliphatic hydroxyl groups is 2. The van der Waals surface area contributed by atoms with Crippen LogP contribution in [0.15, 0.2) is 42.5 Å². The molecule has 0 aliphatic heterocycles. The lowest BCUT2D eigenvalue weighted by molar-refractivity contribution is -0.177. The number of phenols is 2. The van der Waals surface area contributed by atoms with Crippen molar-refractivity contribution in [2.24, 2.45) is 0 Å². The molecule has 2 rings (SSSR count). The van der Waals surface area contributed by atoms with E-state index in [1.165, 1.54) is 18.2 Å². The van der Waals surface area contributed by atoms with E-state index in [9.17, 15) is 34.8 Å². The van der Waals surface area contributed by atoms with Crippen LogP contribution in [0, 0.1) is 0 Å². The summed E-state index contributed by atoms with van der Waals surface area (Å²) < 4.78 is 11.6. The van der Waals surface area contributed by atoms with Gasteiger partial charge in [-0.1, -0.05) is 25.1 Å². The lowest BCUT2D eigenvalue weighted by Gasteiger charge is -2.28. The molecule has 7 nitrogen and oxygen atoms in total. The van der Waals surface area contributed by atoms with E-state index in [0.29, 0.717) is 5.56 Å². The van der Waals surface area contributed by atoms with Crippen LogP contribution in [0.5, 0.6) is 11.5 Å². The van der Waals surface area contributed by atoms with E-state index in [1.54, 1.807) is 19.1 Å². The maximum atomic E-state index is 11.6. The molecule has 0 amide bonds. The third-order valence-electron chi connectivity index (χ3n) is 3.79. The molecule has 0 saturated carbocycles. The summed E-state index contributed by atoms with van der Waals surface area (Å²) in [4.78, 5) is 18.8. The Morgan fingerprint density at radius 3 is 2.17 bits per heavy atom. The first-order valence-corrected chi connectivity index (χ1v) is 8.76. The Bertz CT molecular complexity index is 764. The van der Waals surface area contributed by atoms with E-state index >= 15 is 0 Å². The van der Waals surface area contributed by atoms with Crippen molar-refractivity contribution in [1.82, 2.24) is 0 Å². The highest BCUT2D eigenvalue weighted by Gasteiger charge is 2.38. The first-order valence-electron chi connectivity index (χ1n) is 7.14. The number of phenolic OH excluding ortho intramolecular Hbond substituents is 2. The molecule has 24 heavy (non-hydrogen) atoms. The predicted molar refractivity (Wildman–Crippen MR) is 87.0 cm³/mol. The van der Waals surface area contributed by atoms with Gasteiger partial charge in [-0.25, -0.2) is 0 Å². The molecule has 1 atom stereocenters. The van der Waals surface area contributed by atoms with Gasteiger partial charge in [-0.05, 0) is 35.7 Å². The van der Waals surface area contributed by atoms with Crippen LogP contribution in [-0.2, 0) is 10.4 Å². The first-order chi connectivity index (χ1) is 11.0. The topological polar surface area (TPSA) is 138 Å². The van der Waals surface area contributed by atoms with Gasteiger partial charge in [0.15, 0.2) is 5.79 Å². The molecule has 1 unspecified atom stereocenters. The van der Waals surface area contributed by atoms with Crippen LogP contribution in [0.4, 0.5) is 0 Å². The van der Waals surface area contributed by atoms with Crippen LogP contribution in [0.2, 0.25) is 0 Å². The van der Waals surface area contributed by atoms with Crippen LogP contribution >= 0.6 is 7.60 Å². The summed E-state index contributed by atoms with van der Waals surface area (Å²) in [6, 6.07) is 9.48. The second-order valence-corrected chi connectivity index (χ2v) is 7.30. The zero-order valence-corrected chi connectivity index (χ0v) is 13.8. The van der Waals surface area contributed by atoms with E-state index in [-0.39, 0.29) is 12.2 Å². The molecule has 0 aliphatic rings. The Morgan fingerprint density at radius 1 is 1.04 bits per heavy atom. The Labute approximate surface area is 138 Å². The van der Waals surface area contributed by atoms with Crippen molar-refractivity contribution in [3.05, 3.63) is 53.6 Å². The minimum atomic E-state index is -4.81. The largest absolute Gasteiger partial charge is 0.508 e. The summed E-state index contributed by atoms with van der Waals surface area (Å²) >= 11 is 0. The minimum absolute atomic E-state index is 0.0645. The monoisotopic (exact) mass is 354 g/mol. The van der Waals surface area contributed by atoms with Gasteiger partial charge in [0.05, 0.1) is 10.9 Å². The SMILES string of the molecule is CC(CC(O)(O)c1c(O)cccc1P(=O)(O)O)c1ccc(O)cc1. The van der Waals surface area contributed by atoms with Gasteiger partial charge >= 0.3 is 7.60 Å². The maximum absolute atomic E-state index is 11.6. The fourth-order valence-corrected chi connectivity index (χ4v) is 3.50. The van der Waals surface area contributed by atoms with E-state index in [1.807, 2.05) is 0 Å². The van der Waals surface area contributed by atoms with Gasteiger partial charge in [-0.3, -0.25) is 4.57 Å². The fraction of sp³-hybridized carbons (Fsp3) is 0.250. The average molecular weight is 354 g/mol. The van der Waals surface area contributed by atoms with Gasteiger partial charge in [0.25, 0.3) is 0 Å². The first kappa shape index (κ1) is 18.4. The van der Waals surface area contributed by atoms with Gasteiger partial charge in [0, 0.05) is 6.42 Å². The second kappa shape index (κ2) is 6.55. The van der Waals surface area contributed by atoms with E-state index in [2.05, 4.69) is 0 Å². The summed E-state index contributed by atoms with van der Waals surface area (Å²) in [6.45, 7) is 1.69. The molecule has 8 heteroatoms. The predicted octanol–water partition coefficient (Wildman–Crippen LogP) is 1.23. The van der Waals surface area contributed by atoms with E-state index < -0.39 is 35.9 Å². The van der Waals surface area contributed by atoms with Crippen LogP contribution in [0.1, 0.15) is 30.4 Å². The molecule has 0 saturated heterocycles. The van der Waals surface area contributed by atoms with E-state index in [4.69, 9.17) is 0 Å². The van der Waals surface area contributed by atoms with Gasteiger partial charge in [-0.2, -0.15) is 0 Å². The summed E-state index contributed by atoms with van der Waals surface area (Å²) in [5, 5.41) is 39.4. The fourth-order valence-electron chi connectivity index (χ4n) is 2.63. The van der Waals surface area contributed by atoms with Gasteiger partial charge < -0.3 is 30.2 Å². The highest BCUT2D eigenvalue weighted by atomic mass is 31.2. The van der Waals surface area contributed by atoms with Crippen LogP contribution in [0.25, 0.3) is 0 Å². The summed E-state index contributed by atoms with van der Waals surface area (Å²) in [5.74, 6) is -3.63. The Balaban J connectivity index is 2.40. The highest BCUT2D eigenvalue weighted by molar-refractivity contribution is 7.60. The number of aromatic hydroxyl groups is 2. The number of benzene rings is 2. The molecular weight excluding hydrogens is 335 g/mol. The number of hydrogen-bond acceptors (Lipinski definition) is 5. The zero-order chi connectivity index (χ0) is 18.1. The Morgan fingerprint density at radius 2 is 1.62 bits per heavy atom. The quantitative estimate of drug-likeness (QED) is 0.351. The third-order valence-corrected chi connectivity index (χ3v) is 4.79. The number of hydrogen-bond donors (Lipinski definition) is 6. The van der Waals surface area contributed by atoms with Crippen molar-refractivity contribution in [1.29, 1.82) is 0 Å². The second-order valence-electron chi connectivity index (χ2n) is 5.73. The molecule has 0 aromatic heterocycles. The highest BCUT2D eigenvalue weighted by Crippen LogP contribution is 2.42. The molecule has 0 fully saturated rings. The standard InChI is InChI=1S/C16H19O7P/c1-10(11-5-7-12(17)8-6-11)9-16(19,20)15-13(18)3-2-4-14(15)24(21,22)23/h2-8,10,17-20H,9H2,1H3,(H2,21,22,23). The van der Waals surface area contributed by atoms with Crippen molar-refractivity contribution in [3.63, 3.8) is 0 Å². The Kier molecular flexibility index (Phi) is 5.03. The molecule has 2 aromatic carbocycles. The molecule has 0 spiro atoms. The lowest BCUT2D eigenvalue weighted by atomic mass is 9.89. The lowest BCUT2D eigenvalue weighted by Crippen LogP contribution is -2.33. The van der Waals surface area contributed by atoms with Crippen LogP contribution in [-0.4, -0.2) is 30.2 Å². The van der Waals surface area contributed by atoms with E-state index in [0.717, 1.165) is 12.1 Å². The van der Waals surface area contributed by atoms with Gasteiger partial charge in [-0.15, -0.1) is 0 Å². The Hall–Kier alpha value is -1.89.